The van der Waals surface area contributed by atoms with E-state index in [2.05, 4.69) is 42.9 Å². The molecule has 0 aliphatic rings. The van der Waals surface area contributed by atoms with Crippen molar-refractivity contribution in [2.45, 2.75) is 26.8 Å². The molecule has 3 N–H and O–H groups in total. The van der Waals surface area contributed by atoms with Crippen molar-refractivity contribution in [1.29, 1.82) is 0 Å². The normalized spacial score (nSPS) is 10.9. The van der Waals surface area contributed by atoms with Gasteiger partial charge in [0.05, 0.1) is 13.2 Å². The fourth-order valence-corrected chi connectivity index (χ4v) is 2.84. The van der Waals surface area contributed by atoms with Crippen molar-refractivity contribution >= 4 is 34.5 Å². The Morgan fingerprint density at radius 2 is 2.07 bits per heavy atom. The number of amides is 1. The quantitative estimate of drug-likeness (QED) is 0.469. The summed E-state index contributed by atoms with van der Waals surface area (Å²) in [5, 5.41) is 13.3. The van der Waals surface area contributed by atoms with Crippen molar-refractivity contribution in [1.82, 2.24) is 30.0 Å². The molecule has 3 rings (SSSR count). The Labute approximate surface area is 169 Å². The summed E-state index contributed by atoms with van der Waals surface area (Å²) in [7, 11) is 3.28. The number of fused-ring (bicyclic) bond motifs is 1. The third-order valence-corrected chi connectivity index (χ3v) is 4.21. The highest BCUT2D eigenvalue weighted by atomic mass is 16.5. The number of ether oxygens (including phenoxy) is 1. The van der Waals surface area contributed by atoms with Crippen LogP contribution >= 0.6 is 0 Å². The van der Waals surface area contributed by atoms with Crippen LogP contribution in [0.4, 0.5) is 17.6 Å². The number of anilines is 3. The van der Waals surface area contributed by atoms with Crippen molar-refractivity contribution in [3.8, 4) is 0 Å². The van der Waals surface area contributed by atoms with E-state index in [1.807, 2.05) is 19.1 Å². The van der Waals surface area contributed by atoms with Gasteiger partial charge >= 0.3 is 0 Å². The van der Waals surface area contributed by atoms with Gasteiger partial charge in [0.25, 0.3) is 5.91 Å². The Bertz CT molecular complexity index is 1000. The maximum atomic E-state index is 12.4. The minimum atomic E-state index is -0.316. The fourth-order valence-electron chi connectivity index (χ4n) is 2.84. The smallest absolute Gasteiger partial charge is 0.273 e. The van der Waals surface area contributed by atoms with Gasteiger partial charge in [-0.05, 0) is 31.0 Å². The number of pyridine rings is 1. The molecule has 0 saturated carbocycles. The van der Waals surface area contributed by atoms with E-state index >= 15 is 0 Å². The van der Waals surface area contributed by atoms with Gasteiger partial charge in [-0.2, -0.15) is 10.1 Å². The lowest BCUT2D eigenvalue weighted by Gasteiger charge is -2.11. The molecule has 3 heterocycles. The monoisotopic (exact) mass is 398 g/mol. The zero-order valence-corrected chi connectivity index (χ0v) is 17.1. The van der Waals surface area contributed by atoms with Crippen LogP contribution in [-0.2, 0) is 11.3 Å². The SMILES string of the molecule is CCCOCCn1nc(C(=O)NC)c2nc(NC)nc(Nc3cc(C)ccn3)c21. The number of carbonyl (C=O) groups is 1. The Balaban J connectivity index is 2.11. The van der Waals surface area contributed by atoms with Crippen molar-refractivity contribution in [2.75, 3.05) is 37.9 Å². The number of nitrogens with one attached hydrogen (secondary N) is 3. The summed E-state index contributed by atoms with van der Waals surface area (Å²) in [6, 6.07) is 3.83. The highest BCUT2D eigenvalue weighted by Crippen LogP contribution is 2.27. The van der Waals surface area contributed by atoms with Gasteiger partial charge in [0.2, 0.25) is 5.95 Å². The molecule has 0 fully saturated rings. The number of aryl methyl sites for hydroxylation is 1. The minimum Gasteiger partial charge on any atom is -0.380 e. The summed E-state index contributed by atoms with van der Waals surface area (Å²) in [6.45, 7) is 5.64. The van der Waals surface area contributed by atoms with Gasteiger partial charge in [0.15, 0.2) is 11.5 Å². The van der Waals surface area contributed by atoms with E-state index in [9.17, 15) is 4.79 Å². The summed E-state index contributed by atoms with van der Waals surface area (Å²) in [4.78, 5) is 25.8. The molecule has 154 valence electrons. The molecule has 0 saturated heterocycles. The molecular formula is C19H26N8O2. The summed E-state index contributed by atoms with van der Waals surface area (Å²) in [5.74, 6) is 1.21. The van der Waals surface area contributed by atoms with Crippen molar-refractivity contribution in [3.63, 3.8) is 0 Å². The Kier molecular flexibility index (Phi) is 6.55. The topological polar surface area (TPSA) is 119 Å². The van der Waals surface area contributed by atoms with Crippen LogP contribution < -0.4 is 16.0 Å². The molecule has 0 radical (unpaired) electrons. The summed E-state index contributed by atoms with van der Waals surface area (Å²) >= 11 is 0. The third kappa shape index (κ3) is 4.60. The lowest BCUT2D eigenvalue weighted by atomic mass is 10.3. The molecule has 3 aromatic rings. The van der Waals surface area contributed by atoms with Gasteiger partial charge in [-0.3, -0.25) is 9.48 Å². The van der Waals surface area contributed by atoms with Gasteiger partial charge in [0.1, 0.15) is 16.9 Å². The first kappa shape index (κ1) is 20.5. The maximum absolute atomic E-state index is 12.4. The molecule has 0 aromatic carbocycles. The van der Waals surface area contributed by atoms with Crippen LogP contribution in [0.25, 0.3) is 11.0 Å². The average Bonchev–Trinajstić information content (AvgIpc) is 3.09. The molecule has 0 aliphatic heterocycles. The number of hydrogen-bond donors (Lipinski definition) is 3. The number of rotatable bonds is 9. The van der Waals surface area contributed by atoms with Crippen LogP contribution in [0.3, 0.4) is 0 Å². The van der Waals surface area contributed by atoms with Crippen LogP contribution in [0.5, 0.6) is 0 Å². The molecule has 10 heteroatoms. The molecule has 0 aliphatic carbocycles. The third-order valence-electron chi connectivity index (χ3n) is 4.21. The van der Waals surface area contributed by atoms with Gasteiger partial charge in [0, 0.05) is 26.9 Å². The van der Waals surface area contributed by atoms with Crippen molar-refractivity contribution in [2.24, 2.45) is 0 Å². The molecule has 0 atom stereocenters. The standard InChI is InChI=1S/C19H26N8O2/c1-5-9-29-10-8-27-16-14(15(26-27)18(28)20-3)24-19(21-4)25-17(16)23-13-11-12(2)6-7-22-13/h6-7,11H,5,8-10H2,1-4H3,(H,20,28)(H2,21,22,23,24,25). The lowest BCUT2D eigenvalue weighted by molar-refractivity contribution is 0.0956. The Morgan fingerprint density at radius 1 is 1.24 bits per heavy atom. The second kappa shape index (κ2) is 9.28. The number of aromatic nitrogens is 5. The van der Waals surface area contributed by atoms with Crippen molar-refractivity contribution < 1.29 is 9.53 Å². The molecule has 29 heavy (non-hydrogen) atoms. The van der Waals surface area contributed by atoms with E-state index < -0.39 is 0 Å². The highest BCUT2D eigenvalue weighted by molar-refractivity contribution is 6.06. The van der Waals surface area contributed by atoms with E-state index in [-0.39, 0.29) is 11.6 Å². The zero-order valence-electron chi connectivity index (χ0n) is 17.1. The predicted octanol–water partition coefficient (Wildman–Crippen LogP) is 2.10. The van der Waals surface area contributed by atoms with Gasteiger partial charge in [-0.15, -0.1) is 0 Å². The van der Waals surface area contributed by atoms with Gasteiger partial charge in [-0.25, -0.2) is 9.97 Å². The minimum absolute atomic E-state index is 0.233. The van der Waals surface area contributed by atoms with Crippen molar-refractivity contribution in [3.05, 3.63) is 29.6 Å². The molecule has 0 unspecified atom stereocenters. The van der Waals surface area contributed by atoms with Crippen LogP contribution in [0.15, 0.2) is 18.3 Å². The second-order valence-electron chi connectivity index (χ2n) is 6.45. The van der Waals surface area contributed by atoms with Gasteiger partial charge in [-0.1, -0.05) is 6.92 Å². The second-order valence-corrected chi connectivity index (χ2v) is 6.45. The van der Waals surface area contributed by atoms with Crippen LogP contribution in [0.2, 0.25) is 0 Å². The number of carbonyl (C=O) groups excluding carboxylic acids is 1. The summed E-state index contributed by atoms with van der Waals surface area (Å²) < 4.78 is 7.30. The molecular weight excluding hydrogens is 372 g/mol. The molecule has 1 amide bonds. The van der Waals surface area contributed by atoms with E-state index in [1.165, 1.54) is 0 Å². The average molecular weight is 398 g/mol. The zero-order chi connectivity index (χ0) is 20.8. The first-order valence-corrected chi connectivity index (χ1v) is 9.53. The van der Waals surface area contributed by atoms with E-state index in [1.54, 1.807) is 25.0 Å². The fraction of sp³-hybridized carbons (Fsp3) is 0.421. The van der Waals surface area contributed by atoms with E-state index in [0.29, 0.717) is 48.4 Å². The van der Waals surface area contributed by atoms with E-state index in [0.717, 1.165) is 12.0 Å². The highest BCUT2D eigenvalue weighted by Gasteiger charge is 2.22. The lowest BCUT2D eigenvalue weighted by Crippen LogP contribution is -2.19. The molecule has 0 bridgehead atoms. The summed E-state index contributed by atoms with van der Waals surface area (Å²) in [6.07, 6.45) is 2.66. The predicted molar refractivity (Wildman–Crippen MR) is 112 cm³/mol. The number of nitrogens with zero attached hydrogens (tertiary/aromatic N) is 5. The Morgan fingerprint density at radius 3 is 2.76 bits per heavy atom. The number of hydrogen-bond acceptors (Lipinski definition) is 8. The van der Waals surface area contributed by atoms with Crippen LogP contribution in [-0.4, -0.2) is 57.9 Å². The van der Waals surface area contributed by atoms with Gasteiger partial charge < -0.3 is 20.7 Å². The maximum Gasteiger partial charge on any atom is 0.273 e. The van der Waals surface area contributed by atoms with E-state index in [4.69, 9.17) is 4.74 Å². The van der Waals surface area contributed by atoms with Crippen LogP contribution in [0, 0.1) is 6.92 Å². The largest absolute Gasteiger partial charge is 0.380 e. The first-order chi connectivity index (χ1) is 14.1. The molecule has 3 aromatic heterocycles. The Hall–Kier alpha value is -3.27. The summed E-state index contributed by atoms with van der Waals surface area (Å²) in [5.41, 5.74) is 2.37. The molecule has 10 nitrogen and oxygen atoms in total. The molecule has 0 spiro atoms. The first-order valence-electron chi connectivity index (χ1n) is 9.53. The van der Waals surface area contributed by atoms with Crippen LogP contribution in [0.1, 0.15) is 29.4 Å².